The predicted molar refractivity (Wildman–Crippen MR) is 64.6 cm³/mol. The highest BCUT2D eigenvalue weighted by atomic mass is 16.4. The topological polar surface area (TPSA) is 95.9 Å². The highest BCUT2D eigenvalue weighted by Crippen LogP contribution is 2.13. The molecule has 0 saturated carbocycles. The molecule has 88 valence electrons. The van der Waals surface area contributed by atoms with Gasteiger partial charge in [0.25, 0.3) is 5.56 Å². The van der Waals surface area contributed by atoms with E-state index in [4.69, 9.17) is 5.11 Å². The first-order chi connectivity index (χ1) is 8.65. The van der Waals surface area contributed by atoms with Crippen molar-refractivity contribution in [3.8, 4) is 0 Å². The van der Waals surface area contributed by atoms with E-state index >= 15 is 0 Å². The van der Waals surface area contributed by atoms with Gasteiger partial charge in [0.15, 0.2) is 5.65 Å². The van der Waals surface area contributed by atoms with Crippen LogP contribution in [0.2, 0.25) is 0 Å². The second-order valence-electron chi connectivity index (χ2n) is 3.76. The summed E-state index contributed by atoms with van der Waals surface area (Å²) in [5.41, 5.74) is 0.901. The van der Waals surface area contributed by atoms with Crippen molar-refractivity contribution in [2.75, 3.05) is 0 Å². The molecule has 0 bridgehead atoms. The number of rotatable bonds is 1. The number of carboxylic acids is 1. The number of hydrogen-bond donors (Lipinski definition) is 2. The van der Waals surface area contributed by atoms with Crippen LogP contribution in [-0.2, 0) is 0 Å². The van der Waals surface area contributed by atoms with Crippen LogP contribution in [0.3, 0.4) is 0 Å². The largest absolute Gasteiger partial charge is 0.477 e. The standard InChI is InChI=1S/C12H7N3O3/c16-11-6(12(17)18)5-9-10(15-11)14-8-4-2-1-3-7(8)13-9/h1-5H,(H,17,18)(H,14,15,16). The summed E-state index contributed by atoms with van der Waals surface area (Å²) < 4.78 is 0. The number of hydrogen-bond acceptors (Lipinski definition) is 4. The van der Waals surface area contributed by atoms with Crippen molar-refractivity contribution in [1.82, 2.24) is 15.0 Å². The molecule has 6 heteroatoms. The second-order valence-corrected chi connectivity index (χ2v) is 3.76. The van der Waals surface area contributed by atoms with E-state index in [0.29, 0.717) is 16.6 Å². The lowest BCUT2D eigenvalue weighted by atomic mass is 10.2. The number of carboxylic acid groups (broad SMARTS) is 1. The number of aromatic amines is 1. The van der Waals surface area contributed by atoms with Crippen molar-refractivity contribution in [3.05, 3.63) is 46.2 Å². The summed E-state index contributed by atoms with van der Waals surface area (Å²) in [5.74, 6) is -1.28. The number of H-pyrrole nitrogens is 1. The maximum absolute atomic E-state index is 11.5. The van der Waals surface area contributed by atoms with Crippen LogP contribution in [0, 0.1) is 0 Å². The number of pyridine rings is 1. The van der Waals surface area contributed by atoms with Crippen molar-refractivity contribution in [3.63, 3.8) is 0 Å². The molecule has 3 aromatic rings. The van der Waals surface area contributed by atoms with Gasteiger partial charge in [-0.15, -0.1) is 0 Å². The van der Waals surface area contributed by atoms with Crippen LogP contribution < -0.4 is 5.56 Å². The van der Waals surface area contributed by atoms with E-state index in [2.05, 4.69) is 15.0 Å². The summed E-state index contributed by atoms with van der Waals surface area (Å²) in [5, 5.41) is 8.87. The number of nitrogens with one attached hydrogen (secondary N) is 1. The minimum atomic E-state index is -1.28. The molecule has 2 N–H and O–H groups in total. The van der Waals surface area contributed by atoms with E-state index < -0.39 is 11.5 Å². The molecule has 0 unspecified atom stereocenters. The minimum Gasteiger partial charge on any atom is -0.477 e. The lowest BCUT2D eigenvalue weighted by Gasteiger charge is -2.01. The molecule has 0 atom stereocenters. The third-order valence-corrected chi connectivity index (χ3v) is 2.59. The van der Waals surface area contributed by atoms with Crippen LogP contribution in [0.1, 0.15) is 10.4 Å². The van der Waals surface area contributed by atoms with Crippen molar-refractivity contribution in [2.24, 2.45) is 0 Å². The zero-order chi connectivity index (χ0) is 12.7. The fourth-order valence-electron chi connectivity index (χ4n) is 1.74. The van der Waals surface area contributed by atoms with Crippen LogP contribution in [0.4, 0.5) is 0 Å². The highest BCUT2D eigenvalue weighted by molar-refractivity contribution is 5.92. The zero-order valence-corrected chi connectivity index (χ0v) is 9.04. The number of aromatic carboxylic acids is 1. The lowest BCUT2D eigenvalue weighted by molar-refractivity contribution is 0.0695. The van der Waals surface area contributed by atoms with E-state index in [1.165, 1.54) is 6.07 Å². The predicted octanol–water partition coefficient (Wildman–Crippen LogP) is 1.17. The average Bonchev–Trinajstić information content (AvgIpc) is 2.35. The molecule has 2 heterocycles. The Labute approximate surface area is 99.9 Å². The van der Waals surface area contributed by atoms with Gasteiger partial charge in [0, 0.05) is 0 Å². The molecule has 0 aliphatic carbocycles. The molecule has 2 aromatic heterocycles. The lowest BCUT2D eigenvalue weighted by Crippen LogP contribution is -2.17. The average molecular weight is 241 g/mol. The van der Waals surface area contributed by atoms with Gasteiger partial charge in [-0.25, -0.2) is 14.8 Å². The van der Waals surface area contributed by atoms with Gasteiger partial charge < -0.3 is 10.1 Å². The molecular formula is C12H7N3O3. The van der Waals surface area contributed by atoms with Crippen LogP contribution in [0.15, 0.2) is 35.1 Å². The summed E-state index contributed by atoms with van der Waals surface area (Å²) in [7, 11) is 0. The van der Waals surface area contributed by atoms with Crippen molar-refractivity contribution < 1.29 is 9.90 Å². The van der Waals surface area contributed by atoms with Gasteiger partial charge in [0.05, 0.1) is 11.0 Å². The molecule has 0 aliphatic heterocycles. The van der Waals surface area contributed by atoms with Crippen LogP contribution in [0.25, 0.3) is 22.2 Å². The fraction of sp³-hybridized carbons (Fsp3) is 0. The Balaban J connectivity index is 2.44. The number of nitrogens with zero attached hydrogens (tertiary/aromatic N) is 2. The van der Waals surface area contributed by atoms with E-state index in [1.807, 2.05) is 12.1 Å². The van der Waals surface area contributed by atoms with Gasteiger partial charge in [0.1, 0.15) is 11.1 Å². The maximum atomic E-state index is 11.5. The van der Waals surface area contributed by atoms with Crippen LogP contribution >= 0.6 is 0 Å². The zero-order valence-electron chi connectivity index (χ0n) is 9.04. The van der Waals surface area contributed by atoms with E-state index in [-0.39, 0.29) is 11.2 Å². The van der Waals surface area contributed by atoms with E-state index in [0.717, 1.165) is 0 Å². The molecule has 0 saturated heterocycles. The second kappa shape index (κ2) is 3.63. The first-order valence-electron chi connectivity index (χ1n) is 5.18. The van der Waals surface area contributed by atoms with Crippen LogP contribution in [-0.4, -0.2) is 26.0 Å². The first-order valence-corrected chi connectivity index (χ1v) is 5.18. The number of aromatic nitrogens is 3. The SMILES string of the molecule is O=C(O)c1cc2nc3ccccc3nc2[nH]c1=O. The molecule has 0 aliphatic rings. The summed E-state index contributed by atoms with van der Waals surface area (Å²) >= 11 is 0. The van der Waals surface area contributed by atoms with E-state index in [9.17, 15) is 9.59 Å². The quantitative estimate of drug-likeness (QED) is 0.623. The number of benzene rings is 1. The Morgan fingerprint density at radius 3 is 2.44 bits per heavy atom. The van der Waals surface area contributed by atoms with Gasteiger partial charge in [0.2, 0.25) is 0 Å². The molecule has 0 spiro atoms. The Morgan fingerprint density at radius 2 is 1.78 bits per heavy atom. The van der Waals surface area contributed by atoms with Gasteiger partial charge >= 0.3 is 5.97 Å². The van der Waals surface area contributed by atoms with Gasteiger partial charge in [-0.05, 0) is 18.2 Å². The molecule has 0 fully saturated rings. The van der Waals surface area contributed by atoms with Crippen molar-refractivity contribution >= 4 is 28.2 Å². The normalized spacial score (nSPS) is 10.9. The van der Waals surface area contributed by atoms with Crippen molar-refractivity contribution in [1.29, 1.82) is 0 Å². The highest BCUT2D eigenvalue weighted by Gasteiger charge is 2.11. The molecular weight excluding hydrogens is 234 g/mol. The number of para-hydroxylation sites is 2. The summed E-state index contributed by atoms with van der Waals surface area (Å²) in [6.45, 7) is 0. The number of fused-ring (bicyclic) bond motifs is 2. The Kier molecular flexibility index (Phi) is 2.09. The first kappa shape index (κ1) is 10.4. The van der Waals surface area contributed by atoms with E-state index in [1.54, 1.807) is 12.1 Å². The van der Waals surface area contributed by atoms with Gasteiger partial charge in [-0.2, -0.15) is 0 Å². The maximum Gasteiger partial charge on any atom is 0.341 e. The molecule has 3 rings (SSSR count). The third kappa shape index (κ3) is 1.51. The van der Waals surface area contributed by atoms with Crippen LogP contribution in [0.5, 0.6) is 0 Å². The van der Waals surface area contributed by atoms with Crippen molar-refractivity contribution in [2.45, 2.75) is 0 Å². The van der Waals surface area contributed by atoms with Gasteiger partial charge in [-0.1, -0.05) is 12.1 Å². The fourth-order valence-corrected chi connectivity index (χ4v) is 1.74. The third-order valence-electron chi connectivity index (χ3n) is 2.59. The molecule has 0 amide bonds. The smallest absolute Gasteiger partial charge is 0.341 e. The monoisotopic (exact) mass is 241 g/mol. The Bertz CT molecular complexity index is 839. The Morgan fingerprint density at radius 1 is 1.11 bits per heavy atom. The molecule has 0 radical (unpaired) electrons. The van der Waals surface area contributed by atoms with Gasteiger partial charge in [-0.3, -0.25) is 4.79 Å². The summed E-state index contributed by atoms with van der Waals surface area (Å²) in [4.78, 5) is 33.3. The summed E-state index contributed by atoms with van der Waals surface area (Å²) in [6.07, 6.45) is 0. The Hall–Kier alpha value is -2.76. The molecule has 18 heavy (non-hydrogen) atoms. The summed E-state index contributed by atoms with van der Waals surface area (Å²) in [6, 6.07) is 8.40. The molecule has 6 nitrogen and oxygen atoms in total. The minimum absolute atomic E-state index is 0.281. The molecule has 1 aromatic carbocycles. The number of carbonyl (C=O) groups is 1.